The highest BCUT2D eigenvalue weighted by Gasteiger charge is 2.26. The lowest BCUT2D eigenvalue weighted by Crippen LogP contribution is -2.36. The molecule has 0 fully saturated rings. The zero-order chi connectivity index (χ0) is 13.7. The van der Waals surface area contributed by atoms with Gasteiger partial charge in [0.1, 0.15) is 0 Å². The number of oxime groups is 1. The van der Waals surface area contributed by atoms with E-state index < -0.39 is 6.10 Å². The molecule has 0 saturated carbocycles. The summed E-state index contributed by atoms with van der Waals surface area (Å²) in [6.07, 6.45) is 0.929. The Bertz CT molecular complexity index is 474. The zero-order valence-corrected chi connectivity index (χ0v) is 11.7. The third-order valence-corrected chi connectivity index (χ3v) is 3.66. The van der Waals surface area contributed by atoms with E-state index in [1.807, 2.05) is 6.92 Å². The number of aryl methyl sites for hydroxylation is 1. The molecule has 0 bridgehead atoms. The van der Waals surface area contributed by atoms with Gasteiger partial charge in [-0.2, -0.15) is 0 Å². The van der Waals surface area contributed by atoms with Crippen molar-refractivity contribution in [3.05, 3.63) is 0 Å². The van der Waals surface area contributed by atoms with E-state index in [-0.39, 0.29) is 5.91 Å². The SMILES string of the molecule is CCC1=NO[C@H](C(=O)NCCSc2nnnn2C)C1. The standard InChI is InChI=1S/C10H16N6O2S/c1-3-7-6-8(18-13-7)9(17)11-4-5-19-10-12-14-15-16(10)2/h8H,3-6H2,1-2H3,(H,11,17)/t8-/m0/s1. The maximum atomic E-state index is 11.8. The van der Waals surface area contributed by atoms with E-state index in [4.69, 9.17) is 4.84 Å². The number of carbonyl (C=O) groups excluding carboxylic acids is 1. The van der Waals surface area contributed by atoms with Crippen LogP contribution in [0.25, 0.3) is 0 Å². The molecular formula is C10H16N6O2S. The Morgan fingerprint density at radius 2 is 2.47 bits per heavy atom. The highest BCUT2D eigenvalue weighted by atomic mass is 32.2. The molecule has 2 rings (SSSR count). The zero-order valence-electron chi connectivity index (χ0n) is 10.9. The second-order valence-corrected chi connectivity index (χ2v) is 5.10. The molecule has 2 heterocycles. The fraction of sp³-hybridized carbons (Fsp3) is 0.700. The molecule has 1 aliphatic heterocycles. The Kier molecular flexibility index (Phi) is 4.72. The summed E-state index contributed by atoms with van der Waals surface area (Å²) in [7, 11) is 1.77. The number of rotatable bonds is 6. The Labute approximate surface area is 114 Å². The summed E-state index contributed by atoms with van der Waals surface area (Å²) in [5.41, 5.74) is 0.930. The van der Waals surface area contributed by atoms with Crippen LogP contribution >= 0.6 is 11.8 Å². The number of carbonyl (C=O) groups is 1. The molecular weight excluding hydrogens is 268 g/mol. The van der Waals surface area contributed by atoms with Crippen molar-refractivity contribution < 1.29 is 9.63 Å². The maximum Gasteiger partial charge on any atom is 0.264 e. The van der Waals surface area contributed by atoms with E-state index in [1.54, 1.807) is 11.7 Å². The first-order valence-corrected chi connectivity index (χ1v) is 7.03. The largest absolute Gasteiger partial charge is 0.382 e. The molecule has 104 valence electrons. The topological polar surface area (TPSA) is 94.3 Å². The second-order valence-electron chi connectivity index (χ2n) is 4.03. The molecule has 1 N–H and O–H groups in total. The summed E-state index contributed by atoms with van der Waals surface area (Å²) < 4.78 is 1.59. The maximum absolute atomic E-state index is 11.8. The van der Waals surface area contributed by atoms with Crippen molar-refractivity contribution in [1.29, 1.82) is 0 Å². The highest BCUT2D eigenvalue weighted by molar-refractivity contribution is 7.99. The van der Waals surface area contributed by atoms with Crippen molar-refractivity contribution in [2.75, 3.05) is 12.3 Å². The number of hydrogen-bond donors (Lipinski definition) is 1. The molecule has 1 aromatic heterocycles. The summed E-state index contributed by atoms with van der Waals surface area (Å²) in [6, 6.07) is 0. The third-order valence-electron chi connectivity index (χ3n) is 2.64. The van der Waals surface area contributed by atoms with E-state index in [0.717, 1.165) is 17.3 Å². The Morgan fingerprint density at radius 3 is 3.11 bits per heavy atom. The molecule has 1 aromatic rings. The van der Waals surface area contributed by atoms with Gasteiger partial charge in [0.2, 0.25) is 11.3 Å². The minimum Gasteiger partial charge on any atom is -0.382 e. The van der Waals surface area contributed by atoms with Gasteiger partial charge in [0.25, 0.3) is 5.91 Å². The molecule has 0 aromatic carbocycles. The third kappa shape index (κ3) is 3.66. The summed E-state index contributed by atoms with van der Waals surface area (Å²) >= 11 is 1.49. The van der Waals surface area contributed by atoms with Crippen LogP contribution < -0.4 is 5.32 Å². The Morgan fingerprint density at radius 1 is 1.63 bits per heavy atom. The highest BCUT2D eigenvalue weighted by Crippen LogP contribution is 2.13. The van der Waals surface area contributed by atoms with E-state index in [9.17, 15) is 4.79 Å². The van der Waals surface area contributed by atoms with Gasteiger partial charge >= 0.3 is 0 Å². The van der Waals surface area contributed by atoms with Gasteiger partial charge in [0, 0.05) is 25.8 Å². The molecule has 1 amide bonds. The molecule has 0 radical (unpaired) electrons. The lowest BCUT2D eigenvalue weighted by Gasteiger charge is -2.08. The summed E-state index contributed by atoms with van der Waals surface area (Å²) in [5.74, 6) is 0.581. The van der Waals surface area contributed by atoms with Crippen molar-refractivity contribution in [2.24, 2.45) is 12.2 Å². The van der Waals surface area contributed by atoms with Gasteiger partial charge in [0.15, 0.2) is 0 Å². The van der Waals surface area contributed by atoms with Crippen LogP contribution in [0.15, 0.2) is 10.3 Å². The normalized spacial score (nSPS) is 18.0. The lowest BCUT2D eigenvalue weighted by molar-refractivity contribution is -0.131. The van der Waals surface area contributed by atoms with Crippen LogP contribution in [0.4, 0.5) is 0 Å². The van der Waals surface area contributed by atoms with Gasteiger partial charge in [-0.15, -0.1) is 5.10 Å². The van der Waals surface area contributed by atoms with Crippen molar-refractivity contribution in [1.82, 2.24) is 25.5 Å². The molecule has 1 aliphatic rings. The van der Waals surface area contributed by atoms with Crippen molar-refractivity contribution in [3.8, 4) is 0 Å². The van der Waals surface area contributed by atoms with E-state index in [2.05, 4.69) is 26.0 Å². The molecule has 0 aliphatic carbocycles. The second kappa shape index (κ2) is 6.50. The Hall–Kier alpha value is -1.64. The average molecular weight is 284 g/mol. The van der Waals surface area contributed by atoms with Crippen LogP contribution in [0.5, 0.6) is 0 Å². The van der Waals surface area contributed by atoms with Crippen LogP contribution in [0.2, 0.25) is 0 Å². The van der Waals surface area contributed by atoms with Gasteiger partial charge in [-0.25, -0.2) is 4.68 Å². The van der Waals surface area contributed by atoms with E-state index in [1.165, 1.54) is 11.8 Å². The van der Waals surface area contributed by atoms with Crippen LogP contribution in [0.3, 0.4) is 0 Å². The molecule has 0 spiro atoms. The fourth-order valence-electron chi connectivity index (χ4n) is 1.55. The molecule has 0 saturated heterocycles. The van der Waals surface area contributed by atoms with Gasteiger partial charge in [-0.05, 0) is 16.8 Å². The number of nitrogens with zero attached hydrogens (tertiary/aromatic N) is 5. The lowest BCUT2D eigenvalue weighted by atomic mass is 10.1. The van der Waals surface area contributed by atoms with Gasteiger partial charge in [0.05, 0.1) is 5.71 Å². The number of amides is 1. The van der Waals surface area contributed by atoms with Gasteiger partial charge in [-0.3, -0.25) is 4.79 Å². The summed E-state index contributed by atoms with van der Waals surface area (Å²) in [4.78, 5) is 16.8. The van der Waals surface area contributed by atoms with Crippen LogP contribution in [0.1, 0.15) is 19.8 Å². The summed E-state index contributed by atoms with van der Waals surface area (Å²) in [5, 5.41) is 18.5. The van der Waals surface area contributed by atoms with Crippen molar-refractivity contribution in [3.63, 3.8) is 0 Å². The molecule has 19 heavy (non-hydrogen) atoms. The van der Waals surface area contributed by atoms with Crippen LogP contribution in [-0.2, 0) is 16.7 Å². The minimum absolute atomic E-state index is 0.121. The number of hydrogen-bond acceptors (Lipinski definition) is 7. The number of nitrogens with one attached hydrogen (secondary N) is 1. The monoisotopic (exact) mass is 284 g/mol. The first-order chi connectivity index (χ1) is 9.20. The Balaban J connectivity index is 1.64. The molecule has 8 nitrogen and oxygen atoms in total. The smallest absolute Gasteiger partial charge is 0.264 e. The molecule has 9 heteroatoms. The quantitative estimate of drug-likeness (QED) is 0.582. The van der Waals surface area contributed by atoms with Crippen LogP contribution in [0, 0.1) is 0 Å². The van der Waals surface area contributed by atoms with E-state index >= 15 is 0 Å². The summed E-state index contributed by atoms with van der Waals surface area (Å²) in [6.45, 7) is 2.53. The number of thioether (sulfide) groups is 1. The fourth-order valence-corrected chi connectivity index (χ4v) is 2.25. The van der Waals surface area contributed by atoms with Crippen LogP contribution in [-0.4, -0.2) is 50.2 Å². The first-order valence-electron chi connectivity index (χ1n) is 6.05. The predicted molar refractivity (Wildman–Crippen MR) is 69.7 cm³/mol. The first kappa shape index (κ1) is 13.8. The van der Waals surface area contributed by atoms with Gasteiger partial charge < -0.3 is 10.2 Å². The van der Waals surface area contributed by atoms with Crippen molar-refractivity contribution in [2.45, 2.75) is 31.0 Å². The molecule has 0 unspecified atom stereocenters. The predicted octanol–water partition coefficient (Wildman–Crippen LogP) is -0.0267. The van der Waals surface area contributed by atoms with Crippen molar-refractivity contribution >= 4 is 23.4 Å². The van der Waals surface area contributed by atoms with E-state index in [0.29, 0.717) is 18.7 Å². The number of aromatic nitrogens is 4. The average Bonchev–Trinajstić information content (AvgIpc) is 3.03. The van der Waals surface area contributed by atoms with Gasteiger partial charge in [-0.1, -0.05) is 23.8 Å². The molecule has 1 atom stereocenters. The minimum atomic E-state index is -0.476. The number of tetrazole rings is 1.